The van der Waals surface area contributed by atoms with E-state index in [2.05, 4.69) is 4.98 Å². The van der Waals surface area contributed by atoms with E-state index in [1.807, 2.05) is 0 Å². The Kier molecular flexibility index (Phi) is 4.02. The van der Waals surface area contributed by atoms with E-state index < -0.39 is 31.2 Å². The molecule has 4 N–H and O–H groups in total. The first-order valence-electron chi connectivity index (χ1n) is 5.80. The van der Waals surface area contributed by atoms with Gasteiger partial charge in [-0.1, -0.05) is 0 Å². The molecule has 21 heavy (non-hydrogen) atoms. The largest absolute Gasteiger partial charge is 0.509 e. The summed E-state index contributed by atoms with van der Waals surface area (Å²) in [6.45, 7) is 1.50. The first-order valence-corrected chi connectivity index (χ1v) is 7.48. The van der Waals surface area contributed by atoms with E-state index >= 15 is 0 Å². The van der Waals surface area contributed by atoms with Crippen molar-refractivity contribution in [2.24, 2.45) is 0 Å². The third-order valence-corrected chi connectivity index (χ3v) is 3.33. The van der Waals surface area contributed by atoms with Crippen LogP contribution in [0.1, 0.15) is 11.8 Å². The molecule has 2 rings (SSSR count). The molecule has 1 aromatic rings. The molecule has 1 aromatic heterocycles. The van der Waals surface area contributed by atoms with Crippen molar-refractivity contribution in [3.05, 3.63) is 56.3 Å². The van der Waals surface area contributed by atoms with Crippen LogP contribution >= 0.6 is 7.60 Å². The topological polar surface area (TPSA) is 142 Å². The van der Waals surface area contributed by atoms with Gasteiger partial charge in [-0.05, 0) is 13.0 Å². The Balaban J connectivity index is 2.29. The van der Waals surface area contributed by atoms with E-state index in [-0.39, 0.29) is 11.3 Å². The molecule has 0 radical (unpaired) electrons. The Morgan fingerprint density at radius 2 is 2.10 bits per heavy atom. The van der Waals surface area contributed by atoms with Gasteiger partial charge in [-0.3, -0.25) is 18.9 Å². The zero-order chi connectivity index (χ0) is 15.8. The molecule has 10 heteroatoms. The van der Waals surface area contributed by atoms with Gasteiger partial charge in [0, 0.05) is 23.7 Å². The number of aliphatic hydroxyl groups is 1. The van der Waals surface area contributed by atoms with Gasteiger partial charge < -0.3 is 19.6 Å². The number of aromatic nitrogens is 2. The normalized spacial score (nSPS) is 22.7. The first kappa shape index (κ1) is 15.5. The molecular weight excluding hydrogens is 303 g/mol. The zero-order valence-corrected chi connectivity index (χ0v) is 11.7. The number of aromatic amines is 1. The summed E-state index contributed by atoms with van der Waals surface area (Å²) >= 11 is 0. The van der Waals surface area contributed by atoms with E-state index in [1.165, 1.54) is 19.2 Å². The number of aliphatic hydroxyl groups excluding tert-OH is 1. The van der Waals surface area contributed by atoms with E-state index in [9.17, 15) is 19.3 Å². The lowest BCUT2D eigenvalue weighted by Gasteiger charge is -2.14. The van der Waals surface area contributed by atoms with Crippen LogP contribution in [0.3, 0.4) is 0 Å². The second-order valence-electron chi connectivity index (χ2n) is 4.45. The lowest BCUT2D eigenvalue weighted by molar-refractivity contribution is 0.0243. The molecular formula is C11H13N2O7P. The summed E-state index contributed by atoms with van der Waals surface area (Å²) in [4.78, 5) is 42.5. The van der Waals surface area contributed by atoms with Crippen molar-refractivity contribution in [2.45, 2.75) is 19.3 Å². The second kappa shape index (κ2) is 5.45. The maximum atomic E-state index is 11.7. The van der Waals surface area contributed by atoms with E-state index in [0.29, 0.717) is 5.82 Å². The van der Waals surface area contributed by atoms with Crippen LogP contribution in [0.5, 0.6) is 0 Å². The fraction of sp³-hybridized carbons (Fsp3) is 0.273. The Morgan fingerprint density at radius 1 is 1.43 bits per heavy atom. The van der Waals surface area contributed by atoms with Crippen molar-refractivity contribution in [3.63, 3.8) is 0 Å². The van der Waals surface area contributed by atoms with Gasteiger partial charge in [0.25, 0.3) is 5.56 Å². The first-order chi connectivity index (χ1) is 9.67. The van der Waals surface area contributed by atoms with Gasteiger partial charge in [0.2, 0.25) is 0 Å². The smallest absolute Gasteiger partial charge is 0.348 e. The van der Waals surface area contributed by atoms with Crippen molar-refractivity contribution in [1.29, 1.82) is 0 Å². The van der Waals surface area contributed by atoms with Crippen LogP contribution in [0.15, 0.2) is 39.5 Å². The molecule has 1 aliphatic rings. The molecule has 0 aliphatic carbocycles. The number of rotatable bonds is 3. The predicted octanol–water partition coefficient (Wildman–Crippen LogP) is -0.124. The summed E-state index contributed by atoms with van der Waals surface area (Å²) in [5.74, 6) is 0.311. The summed E-state index contributed by atoms with van der Waals surface area (Å²) in [5, 5.41) is 9.68. The quantitative estimate of drug-likeness (QED) is 0.569. The standard InChI is InChI=1S/C11H13N2O7P/c1-6-5-13(11(16)12-10(6)15)9-4-7(14)8(20-9)2-3-21(17,18)19/h2-5,8-9,14H,1H3,(H,12,15,16)(H2,17,18,19)/b3-2+/t8-,9-/m1/s1. The van der Waals surface area contributed by atoms with Gasteiger partial charge in [0.1, 0.15) is 11.9 Å². The number of hydrogen-bond acceptors (Lipinski definition) is 5. The minimum Gasteiger partial charge on any atom is -0.509 e. The Labute approximate surface area is 118 Å². The van der Waals surface area contributed by atoms with Gasteiger partial charge in [-0.25, -0.2) is 4.79 Å². The number of nitrogens with zero attached hydrogens (tertiary/aromatic N) is 1. The van der Waals surface area contributed by atoms with Crippen LogP contribution in [0.25, 0.3) is 0 Å². The minimum absolute atomic E-state index is 0.278. The fourth-order valence-electron chi connectivity index (χ4n) is 1.76. The highest BCUT2D eigenvalue weighted by Crippen LogP contribution is 2.37. The van der Waals surface area contributed by atoms with Crippen molar-refractivity contribution in [2.75, 3.05) is 0 Å². The average molecular weight is 316 g/mol. The van der Waals surface area contributed by atoms with Crippen LogP contribution in [-0.2, 0) is 9.30 Å². The maximum Gasteiger partial charge on any atom is 0.348 e. The third kappa shape index (κ3) is 3.59. The van der Waals surface area contributed by atoms with Gasteiger partial charge >= 0.3 is 13.3 Å². The summed E-state index contributed by atoms with van der Waals surface area (Å²) in [6, 6.07) is 0. The molecule has 9 nitrogen and oxygen atoms in total. The molecule has 0 saturated carbocycles. The molecule has 0 fully saturated rings. The van der Waals surface area contributed by atoms with Crippen LogP contribution < -0.4 is 11.2 Å². The van der Waals surface area contributed by atoms with Gasteiger partial charge in [-0.15, -0.1) is 0 Å². The summed E-state index contributed by atoms with van der Waals surface area (Å²) in [7, 11) is -4.38. The van der Waals surface area contributed by atoms with Crippen molar-refractivity contribution in [3.8, 4) is 0 Å². The third-order valence-electron chi connectivity index (χ3n) is 2.77. The lowest BCUT2D eigenvalue weighted by atomic mass is 10.3. The number of ether oxygens (including phenoxy) is 1. The summed E-state index contributed by atoms with van der Waals surface area (Å²) in [5.41, 5.74) is -0.972. The monoisotopic (exact) mass is 316 g/mol. The molecule has 0 aromatic carbocycles. The van der Waals surface area contributed by atoms with Crippen LogP contribution in [-0.4, -0.2) is 30.5 Å². The SMILES string of the molecule is Cc1cn([C@H]2C=C(O)[C@@H](/C=C/P(=O)(O)O)O2)c(=O)[nH]c1=O. The van der Waals surface area contributed by atoms with Crippen molar-refractivity contribution < 1.29 is 24.2 Å². The van der Waals surface area contributed by atoms with Gasteiger partial charge in [-0.2, -0.15) is 0 Å². The number of nitrogens with one attached hydrogen (secondary N) is 1. The number of H-pyrrole nitrogens is 1. The molecule has 0 saturated heterocycles. The second-order valence-corrected chi connectivity index (χ2v) is 5.92. The number of hydrogen-bond donors (Lipinski definition) is 4. The van der Waals surface area contributed by atoms with E-state index in [0.717, 1.165) is 10.6 Å². The highest BCUT2D eigenvalue weighted by molar-refractivity contribution is 7.55. The Hall–Kier alpha value is -1.93. The van der Waals surface area contributed by atoms with Gasteiger partial charge in [0.15, 0.2) is 6.23 Å². The van der Waals surface area contributed by atoms with Crippen molar-refractivity contribution in [1.82, 2.24) is 9.55 Å². The highest BCUT2D eigenvalue weighted by atomic mass is 31.2. The molecule has 0 spiro atoms. The molecule has 1 aliphatic heterocycles. The fourth-order valence-corrected chi connectivity index (χ4v) is 2.14. The van der Waals surface area contributed by atoms with E-state index in [1.54, 1.807) is 0 Å². The van der Waals surface area contributed by atoms with Crippen LogP contribution in [0.4, 0.5) is 0 Å². The molecule has 0 amide bonds. The molecule has 2 atom stereocenters. The Morgan fingerprint density at radius 3 is 2.71 bits per heavy atom. The van der Waals surface area contributed by atoms with Crippen LogP contribution in [0.2, 0.25) is 0 Å². The number of aryl methyl sites for hydroxylation is 1. The summed E-state index contributed by atoms with van der Waals surface area (Å²) in [6.07, 6.45) is 1.40. The zero-order valence-electron chi connectivity index (χ0n) is 10.8. The average Bonchev–Trinajstić information content (AvgIpc) is 2.72. The predicted molar refractivity (Wildman–Crippen MR) is 71.9 cm³/mol. The maximum absolute atomic E-state index is 11.7. The molecule has 0 unspecified atom stereocenters. The van der Waals surface area contributed by atoms with Crippen LogP contribution in [0, 0.1) is 6.92 Å². The van der Waals surface area contributed by atoms with E-state index in [4.69, 9.17) is 14.5 Å². The Bertz CT molecular complexity index is 770. The molecule has 0 bridgehead atoms. The highest BCUT2D eigenvalue weighted by Gasteiger charge is 2.27. The van der Waals surface area contributed by atoms with Crippen molar-refractivity contribution >= 4 is 7.60 Å². The lowest BCUT2D eigenvalue weighted by Crippen LogP contribution is -2.33. The van der Waals surface area contributed by atoms with Gasteiger partial charge in [0.05, 0.1) is 0 Å². The molecule has 2 heterocycles. The minimum atomic E-state index is -4.38. The molecule has 114 valence electrons. The summed E-state index contributed by atoms with van der Waals surface area (Å²) < 4.78 is 17.1.